The normalized spacial score (nSPS) is 26.7. The van der Waals surface area contributed by atoms with Gasteiger partial charge >= 0.3 is 0 Å². The lowest BCUT2D eigenvalue weighted by atomic mass is 10.2. The van der Waals surface area contributed by atoms with Gasteiger partial charge in [-0.25, -0.2) is 8.78 Å². The lowest BCUT2D eigenvalue weighted by molar-refractivity contribution is -0.133. The van der Waals surface area contributed by atoms with Gasteiger partial charge < -0.3 is 9.64 Å². The number of hydrogen-bond acceptors (Lipinski definition) is 2. The SMILES string of the molecule is COCC1CC(F)(F)CN1C(=O)C(C)Cl. The predicted octanol–water partition coefficient (Wildman–Crippen LogP) is 1.50. The summed E-state index contributed by atoms with van der Waals surface area (Å²) < 4.78 is 31.0. The number of carbonyl (C=O) groups excluding carboxylic acids is 1. The lowest BCUT2D eigenvalue weighted by Gasteiger charge is -2.24. The Morgan fingerprint density at radius 2 is 2.33 bits per heavy atom. The average Bonchev–Trinajstić information content (AvgIpc) is 2.40. The smallest absolute Gasteiger partial charge is 0.267 e. The highest BCUT2D eigenvalue weighted by Gasteiger charge is 2.47. The molecule has 0 N–H and O–H groups in total. The third kappa shape index (κ3) is 3.01. The van der Waals surface area contributed by atoms with Crippen LogP contribution in [-0.2, 0) is 9.53 Å². The monoisotopic (exact) mass is 241 g/mol. The van der Waals surface area contributed by atoms with Crippen molar-refractivity contribution in [3.63, 3.8) is 0 Å². The zero-order valence-electron chi connectivity index (χ0n) is 8.67. The van der Waals surface area contributed by atoms with Crippen molar-refractivity contribution in [3.05, 3.63) is 0 Å². The molecule has 15 heavy (non-hydrogen) atoms. The molecule has 0 saturated carbocycles. The number of halogens is 3. The molecular formula is C9H14ClF2NO2. The first-order chi connectivity index (χ1) is 6.87. The summed E-state index contributed by atoms with van der Waals surface area (Å²) in [6.45, 7) is 1.03. The summed E-state index contributed by atoms with van der Waals surface area (Å²) in [5, 5.41) is -0.779. The Morgan fingerprint density at radius 3 is 2.80 bits per heavy atom. The summed E-state index contributed by atoms with van der Waals surface area (Å²) in [4.78, 5) is 12.6. The van der Waals surface area contributed by atoms with Crippen molar-refractivity contribution in [2.24, 2.45) is 0 Å². The summed E-state index contributed by atoms with van der Waals surface area (Å²) in [5.74, 6) is -3.29. The second kappa shape index (κ2) is 4.61. The number of methoxy groups -OCH3 is 1. The molecule has 1 fully saturated rings. The Balaban J connectivity index is 2.72. The standard InChI is InChI=1S/C9H14ClF2NO2/c1-6(10)8(14)13-5-9(11,12)3-7(13)4-15-2/h6-7H,3-5H2,1-2H3. The van der Waals surface area contributed by atoms with Crippen LogP contribution in [0, 0.1) is 0 Å². The molecule has 3 nitrogen and oxygen atoms in total. The highest BCUT2D eigenvalue weighted by atomic mass is 35.5. The zero-order valence-corrected chi connectivity index (χ0v) is 9.43. The molecule has 0 aromatic heterocycles. The number of alkyl halides is 3. The molecule has 1 saturated heterocycles. The predicted molar refractivity (Wildman–Crippen MR) is 52.3 cm³/mol. The summed E-state index contributed by atoms with van der Waals surface area (Å²) in [6, 6.07) is -0.571. The highest BCUT2D eigenvalue weighted by molar-refractivity contribution is 6.30. The topological polar surface area (TPSA) is 29.5 Å². The van der Waals surface area contributed by atoms with Gasteiger partial charge in [-0.05, 0) is 6.92 Å². The van der Waals surface area contributed by atoms with Crippen molar-refractivity contribution in [2.45, 2.75) is 30.7 Å². The molecule has 88 valence electrons. The van der Waals surface area contributed by atoms with Gasteiger partial charge in [-0.3, -0.25) is 4.79 Å². The Bertz CT molecular complexity index is 248. The van der Waals surface area contributed by atoms with Gasteiger partial charge in [0, 0.05) is 13.5 Å². The maximum atomic E-state index is 13.1. The molecule has 1 aliphatic heterocycles. The van der Waals surface area contributed by atoms with Crippen LogP contribution in [0.5, 0.6) is 0 Å². The maximum Gasteiger partial charge on any atom is 0.267 e. The summed E-state index contributed by atoms with van der Waals surface area (Å²) in [7, 11) is 1.42. The maximum absolute atomic E-state index is 13.1. The Labute approximate surface area is 92.3 Å². The fraction of sp³-hybridized carbons (Fsp3) is 0.889. The van der Waals surface area contributed by atoms with Gasteiger partial charge in [0.1, 0.15) is 5.38 Å². The van der Waals surface area contributed by atoms with Crippen LogP contribution < -0.4 is 0 Å². The summed E-state index contributed by atoms with van der Waals surface area (Å²) in [6.07, 6.45) is -0.351. The Morgan fingerprint density at radius 1 is 1.73 bits per heavy atom. The molecule has 0 radical (unpaired) electrons. The third-order valence-corrected chi connectivity index (χ3v) is 2.55. The molecular weight excluding hydrogens is 228 g/mol. The van der Waals surface area contributed by atoms with E-state index in [1.807, 2.05) is 0 Å². The van der Waals surface area contributed by atoms with Gasteiger partial charge in [-0.2, -0.15) is 0 Å². The first-order valence-electron chi connectivity index (χ1n) is 4.68. The van der Waals surface area contributed by atoms with Gasteiger partial charge in [-0.15, -0.1) is 11.6 Å². The van der Waals surface area contributed by atoms with Gasteiger partial charge in [0.15, 0.2) is 0 Å². The van der Waals surface area contributed by atoms with Crippen LogP contribution in [0.4, 0.5) is 8.78 Å². The van der Waals surface area contributed by atoms with Crippen molar-refractivity contribution in [1.29, 1.82) is 0 Å². The minimum Gasteiger partial charge on any atom is -0.383 e. The van der Waals surface area contributed by atoms with Gasteiger partial charge in [0.2, 0.25) is 5.91 Å². The first kappa shape index (κ1) is 12.6. The average molecular weight is 242 g/mol. The van der Waals surface area contributed by atoms with Crippen molar-refractivity contribution < 1.29 is 18.3 Å². The Kier molecular flexibility index (Phi) is 3.89. The third-order valence-electron chi connectivity index (χ3n) is 2.36. The lowest BCUT2D eigenvalue weighted by Crippen LogP contribution is -2.42. The largest absolute Gasteiger partial charge is 0.383 e. The number of carbonyl (C=O) groups is 1. The number of rotatable bonds is 3. The summed E-state index contributed by atoms with van der Waals surface area (Å²) >= 11 is 5.59. The van der Waals surface area contributed by atoms with E-state index in [-0.39, 0.29) is 13.0 Å². The fourth-order valence-corrected chi connectivity index (χ4v) is 1.85. The van der Waals surface area contributed by atoms with E-state index in [1.165, 1.54) is 14.0 Å². The molecule has 0 bridgehead atoms. The number of amides is 1. The van der Waals surface area contributed by atoms with Crippen LogP contribution in [0.1, 0.15) is 13.3 Å². The van der Waals surface area contributed by atoms with Gasteiger partial charge in [0.05, 0.1) is 19.2 Å². The van der Waals surface area contributed by atoms with Gasteiger partial charge in [-0.1, -0.05) is 0 Å². The van der Waals surface area contributed by atoms with Crippen molar-refractivity contribution >= 4 is 17.5 Å². The van der Waals surface area contributed by atoms with Crippen LogP contribution in [-0.4, -0.2) is 48.4 Å². The molecule has 1 aliphatic rings. The molecule has 2 atom stereocenters. The minimum absolute atomic E-state index is 0.116. The fourth-order valence-electron chi connectivity index (χ4n) is 1.73. The molecule has 1 amide bonds. The molecule has 6 heteroatoms. The first-order valence-corrected chi connectivity index (χ1v) is 5.12. The van der Waals surface area contributed by atoms with E-state index < -0.39 is 29.8 Å². The van der Waals surface area contributed by atoms with Crippen LogP contribution >= 0.6 is 11.6 Å². The minimum atomic E-state index is -2.83. The van der Waals surface area contributed by atoms with Crippen LogP contribution in [0.15, 0.2) is 0 Å². The molecule has 1 heterocycles. The molecule has 1 rings (SSSR count). The van der Waals surface area contributed by atoms with Gasteiger partial charge in [0.25, 0.3) is 5.92 Å². The van der Waals surface area contributed by atoms with Crippen LogP contribution in [0.2, 0.25) is 0 Å². The van der Waals surface area contributed by atoms with Crippen molar-refractivity contribution in [3.8, 4) is 0 Å². The van der Waals surface area contributed by atoms with Crippen molar-refractivity contribution in [2.75, 3.05) is 20.3 Å². The second-order valence-electron chi connectivity index (χ2n) is 3.75. The molecule has 0 aromatic rings. The quantitative estimate of drug-likeness (QED) is 0.701. The Hall–Kier alpha value is -0.420. The van der Waals surface area contributed by atoms with Crippen LogP contribution in [0.3, 0.4) is 0 Å². The van der Waals surface area contributed by atoms with E-state index in [2.05, 4.69) is 0 Å². The molecule has 0 aliphatic carbocycles. The van der Waals surface area contributed by atoms with E-state index in [1.54, 1.807) is 0 Å². The van der Waals surface area contributed by atoms with E-state index in [9.17, 15) is 13.6 Å². The van der Waals surface area contributed by atoms with E-state index in [0.717, 1.165) is 4.90 Å². The molecule has 2 unspecified atom stereocenters. The van der Waals surface area contributed by atoms with E-state index >= 15 is 0 Å². The van der Waals surface area contributed by atoms with E-state index in [4.69, 9.17) is 16.3 Å². The number of hydrogen-bond donors (Lipinski definition) is 0. The number of ether oxygens (including phenoxy) is 1. The van der Waals surface area contributed by atoms with E-state index in [0.29, 0.717) is 0 Å². The highest BCUT2D eigenvalue weighted by Crippen LogP contribution is 2.32. The van der Waals surface area contributed by atoms with Crippen molar-refractivity contribution in [1.82, 2.24) is 4.90 Å². The summed E-state index contributed by atoms with van der Waals surface area (Å²) in [5.41, 5.74) is 0. The zero-order chi connectivity index (χ0) is 11.6. The molecule has 0 aromatic carbocycles. The second-order valence-corrected chi connectivity index (χ2v) is 4.41. The number of likely N-dealkylation sites (tertiary alicyclic amines) is 1. The number of nitrogens with zero attached hydrogens (tertiary/aromatic N) is 1. The molecule has 0 spiro atoms. The van der Waals surface area contributed by atoms with Crippen LogP contribution in [0.25, 0.3) is 0 Å².